The summed E-state index contributed by atoms with van der Waals surface area (Å²) in [4.78, 5) is 52.2. The van der Waals surface area contributed by atoms with Crippen LogP contribution in [0.3, 0.4) is 0 Å². The van der Waals surface area contributed by atoms with Gasteiger partial charge in [-0.05, 0) is 44.2 Å². The molecule has 40 heavy (non-hydrogen) atoms. The molecule has 2 atom stereocenters. The molecule has 10 heteroatoms. The van der Waals surface area contributed by atoms with E-state index < -0.39 is 41.7 Å². The summed E-state index contributed by atoms with van der Waals surface area (Å²) in [7, 11) is 0. The lowest BCUT2D eigenvalue weighted by Crippen LogP contribution is -2.55. The largest absolute Gasteiger partial charge is 0.480 e. The van der Waals surface area contributed by atoms with Crippen molar-refractivity contribution in [2.24, 2.45) is 5.92 Å². The van der Waals surface area contributed by atoms with E-state index in [0.717, 1.165) is 11.1 Å². The summed E-state index contributed by atoms with van der Waals surface area (Å²) in [5.41, 5.74) is 1.01. The van der Waals surface area contributed by atoms with Crippen LogP contribution in [0.1, 0.15) is 52.2 Å². The van der Waals surface area contributed by atoms with Crippen molar-refractivity contribution in [2.75, 3.05) is 13.1 Å². The van der Waals surface area contributed by atoms with Gasteiger partial charge in [0.2, 0.25) is 5.91 Å². The molecule has 2 aromatic carbocycles. The van der Waals surface area contributed by atoms with Gasteiger partial charge >= 0.3 is 18.1 Å². The number of nitrogens with zero attached hydrogens (tertiary/aromatic N) is 1. The van der Waals surface area contributed by atoms with Crippen LogP contribution >= 0.6 is 0 Å². The monoisotopic (exact) mass is 554 g/mol. The number of rotatable bonds is 13. The minimum Gasteiger partial charge on any atom is -0.480 e. The first-order valence-corrected chi connectivity index (χ1v) is 13.5. The van der Waals surface area contributed by atoms with Gasteiger partial charge in [-0.15, -0.1) is 0 Å². The van der Waals surface area contributed by atoms with Gasteiger partial charge in [-0.25, -0.2) is 14.4 Å². The van der Waals surface area contributed by atoms with E-state index in [1.165, 1.54) is 4.90 Å². The smallest absolute Gasteiger partial charge is 0.407 e. The summed E-state index contributed by atoms with van der Waals surface area (Å²) in [5, 5.41) is 17.7. The highest BCUT2D eigenvalue weighted by atomic mass is 16.6. The van der Waals surface area contributed by atoms with Crippen LogP contribution in [0.4, 0.5) is 9.59 Å². The molecule has 0 heterocycles. The molecule has 0 radical (unpaired) electrons. The van der Waals surface area contributed by atoms with E-state index in [4.69, 9.17) is 4.74 Å². The van der Waals surface area contributed by atoms with Gasteiger partial charge in [-0.2, -0.15) is 0 Å². The molecular formula is C30H42N4O6. The molecule has 0 aliphatic heterocycles. The Balaban J connectivity index is 2.22. The number of hydrogen-bond acceptors (Lipinski definition) is 5. The van der Waals surface area contributed by atoms with Crippen molar-refractivity contribution in [3.05, 3.63) is 71.8 Å². The molecule has 0 spiro atoms. The number of alkyl carbamates (subject to hydrolysis) is 1. The van der Waals surface area contributed by atoms with E-state index in [9.17, 15) is 24.3 Å². The molecule has 4 amide bonds. The number of carbonyl (C=O) groups is 4. The quantitative estimate of drug-likeness (QED) is 0.296. The SMILES string of the molecule is CC(C)CC(NC(=O)[C@@H](Cc1ccccc1)NC(=O)N(CCNC(=O)OC(C)(C)C)Cc1ccccc1)C(=O)O. The summed E-state index contributed by atoms with van der Waals surface area (Å²) >= 11 is 0. The average Bonchev–Trinajstić information content (AvgIpc) is 2.87. The van der Waals surface area contributed by atoms with Crippen LogP contribution in [-0.2, 0) is 27.3 Å². The van der Waals surface area contributed by atoms with Gasteiger partial charge < -0.3 is 30.7 Å². The third-order valence-corrected chi connectivity index (χ3v) is 5.77. The second-order valence-corrected chi connectivity index (χ2v) is 11.1. The lowest BCUT2D eigenvalue weighted by atomic mass is 10.0. The first kappa shape index (κ1) is 32.1. The molecule has 4 N–H and O–H groups in total. The number of hydrogen-bond donors (Lipinski definition) is 4. The third kappa shape index (κ3) is 12.2. The molecule has 0 aromatic heterocycles. The van der Waals surface area contributed by atoms with Crippen LogP contribution < -0.4 is 16.0 Å². The zero-order chi connectivity index (χ0) is 29.7. The Morgan fingerprint density at radius 3 is 1.98 bits per heavy atom. The van der Waals surface area contributed by atoms with E-state index in [1.54, 1.807) is 20.8 Å². The summed E-state index contributed by atoms with van der Waals surface area (Å²) < 4.78 is 5.27. The second-order valence-electron chi connectivity index (χ2n) is 11.1. The fourth-order valence-corrected chi connectivity index (χ4v) is 3.93. The molecule has 0 aliphatic rings. The molecular weight excluding hydrogens is 512 g/mol. The van der Waals surface area contributed by atoms with E-state index in [0.29, 0.717) is 0 Å². The first-order valence-electron chi connectivity index (χ1n) is 13.5. The fraction of sp³-hybridized carbons (Fsp3) is 0.467. The molecule has 2 rings (SSSR count). The molecule has 218 valence electrons. The number of ether oxygens (including phenoxy) is 1. The number of nitrogens with one attached hydrogen (secondary N) is 3. The van der Waals surface area contributed by atoms with Crippen LogP contribution in [0, 0.1) is 5.92 Å². The average molecular weight is 555 g/mol. The van der Waals surface area contributed by atoms with Crippen molar-refractivity contribution >= 4 is 24.0 Å². The van der Waals surface area contributed by atoms with Crippen LogP contribution in [0.5, 0.6) is 0 Å². The number of amides is 4. The predicted molar refractivity (Wildman–Crippen MR) is 153 cm³/mol. The number of carboxylic acids is 1. The molecule has 10 nitrogen and oxygen atoms in total. The van der Waals surface area contributed by atoms with Crippen LogP contribution in [-0.4, -0.2) is 64.8 Å². The van der Waals surface area contributed by atoms with Gasteiger partial charge in [-0.1, -0.05) is 74.5 Å². The molecule has 0 saturated carbocycles. The van der Waals surface area contributed by atoms with Crippen molar-refractivity contribution in [2.45, 2.75) is 71.7 Å². The van der Waals surface area contributed by atoms with Gasteiger partial charge in [0.25, 0.3) is 0 Å². The first-order chi connectivity index (χ1) is 18.8. The third-order valence-electron chi connectivity index (χ3n) is 5.77. The maximum atomic E-state index is 13.5. The van der Waals surface area contributed by atoms with E-state index in [-0.39, 0.29) is 38.4 Å². The summed E-state index contributed by atoms with van der Waals surface area (Å²) in [6.07, 6.45) is -0.176. The molecule has 0 aliphatic carbocycles. The molecule has 1 unspecified atom stereocenters. The van der Waals surface area contributed by atoms with Crippen molar-refractivity contribution < 1.29 is 29.0 Å². The normalized spacial score (nSPS) is 12.7. The molecule has 2 aromatic rings. The summed E-state index contributed by atoms with van der Waals surface area (Å²) in [6.45, 7) is 9.52. The van der Waals surface area contributed by atoms with Gasteiger partial charge in [0.1, 0.15) is 17.7 Å². The van der Waals surface area contributed by atoms with Crippen LogP contribution in [0.2, 0.25) is 0 Å². The molecule has 0 fully saturated rings. The predicted octanol–water partition coefficient (Wildman–Crippen LogP) is 3.95. The highest BCUT2D eigenvalue weighted by Gasteiger charge is 2.29. The van der Waals surface area contributed by atoms with Crippen LogP contribution in [0.25, 0.3) is 0 Å². The van der Waals surface area contributed by atoms with Crippen molar-refractivity contribution in [3.8, 4) is 0 Å². The number of urea groups is 1. The number of carboxylic acid groups (broad SMARTS) is 1. The summed E-state index contributed by atoms with van der Waals surface area (Å²) in [6, 6.07) is 15.9. The number of benzene rings is 2. The summed E-state index contributed by atoms with van der Waals surface area (Å²) in [5.74, 6) is -1.68. The van der Waals surface area contributed by atoms with Crippen molar-refractivity contribution in [1.29, 1.82) is 0 Å². The lowest BCUT2D eigenvalue weighted by molar-refractivity contribution is -0.142. The number of aliphatic carboxylic acids is 1. The zero-order valence-corrected chi connectivity index (χ0v) is 24.0. The Labute approximate surface area is 236 Å². The van der Waals surface area contributed by atoms with Gasteiger partial charge in [-0.3, -0.25) is 4.79 Å². The van der Waals surface area contributed by atoms with Crippen molar-refractivity contribution in [1.82, 2.24) is 20.9 Å². The fourth-order valence-electron chi connectivity index (χ4n) is 3.93. The second kappa shape index (κ2) is 15.5. The van der Waals surface area contributed by atoms with E-state index >= 15 is 0 Å². The number of carbonyl (C=O) groups excluding carboxylic acids is 3. The minimum atomic E-state index is -1.13. The molecule has 0 saturated heterocycles. The Morgan fingerprint density at radius 2 is 1.45 bits per heavy atom. The Bertz CT molecular complexity index is 1100. The Hall–Kier alpha value is -4.08. The standard InChI is InChI=1S/C30H42N4O6/c1-21(2)18-25(27(36)37)32-26(35)24(19-22-12-8-6-9-13-22)33-28(38)34(20-23-14-10-7-11-15-23)17-16-31-29(39)40-30(3,4)5/h6-15,21,24-25H,16-20H2,1-5H3,(H,31,39)(H,32,35)(H,33,38)(H,36,37)/t24-,25?/m1/s1. The van der Waals surface area contributed by atoms with Crippen LogP contribution in [0.15, 0.2) is 60.7 Å². The highest BCUT2D eigenvalue weighted by Crippen LogP contribution is 2.10. The topological polar surface area (TPSA) is 137 Å². The lowest BCUT2D eigenvalue weighted by Gasteiger charge is -2.28. The highest BCUT2D eigenvalue weighted by molar-refractivity contribution is 5.90. The van der Waals surface area contributed by atoms with Crippen molar-refractivity contribution in [3.63, 3.8) is 0 Å². The van der Waals surface area contributed by atoms with E-state index in [1.807, 2.05) is 74.5 Å². The maximum absolute atomic E-state index is 13.5. The van der Waals surface area contributed by atoms with E-state index in [2.05, 4.69) is 16.0 Å². The Morgan fingerprint density at radius 1 is 0.875 bits per heavy atom. The van der Waals surface area contributed by atoms with Gasteiger partial charge in [0.05, 0.1) is 0 Å². The zero-order valence-electron chi connectivity index (χ0n) is 24.0. The Kier molecular flexibility index (Phi) is 12.4. The maximum Gasteiger partial charge on any atom is 0.407 e. The minimum absolute atomic E-state index is 0.0439. The van der Waals surface area contributed by atoms with Gasteiger partial charge in [0.15, 0.2) is 0 Å². The van der Waals surface area contributed by atoms with Gasteiger partial charge in [0, 0.05) is 26.1 Å². The molecule has 0 bridgehead atoms.